The number of benzene rings is 1. The van der Waals surface area contributed by atoms with E-state index in [9.17, 15) is 4.57 Å². The van der Waals surface area contributed by atoms with Crippen molar-refractivity contribution < 1.29 is 23.5 Å². The number of hydrogen-bond donors (Lipinski definition) is 0. The summed E-state index contributed by atoms with van der Waals surface area (Å²) in [6.07, 6.45) is 2.08. The van der Waals surface area contributed by atoms with Gasteiger partial charge in [0.1, 0.15) is 16.8 Å². The molecular formula is C19H29N2O5P. The number of aromatic nitrogens is 2. The van der Waals surface area contributed by atoms with Crippen LogP contribution in [0.25, 0.3) is 11.0 Å². The Kier molecular flexibility index (Phi) is 8.65. The highest BCUT2D eigenvalue weighted by atomic mass is 31.1. The standard InChI is InChI=1S/C19H29N2O5P/c1-5-9-25-18-19(26-10-6-2)21-16-14(20-18)11-15(23-7-3)13(12-27-22)17(16)24-8-4/h11H,5-10,12,27H2,1-4H3. The maximum atomic E-state index is 11.4. The Morgan fingerprint density at radius 3 is 2.07 bits per heavy atom. The largest absolute Gasteiger partial charge is 0.493 e. The van der Waals surface area contributed by atoms with Crippen molar-refractivity contribution in [3.63, 3.8) is 0 Å². The highest BCUT2D eigenvalue weighted by Crippen LogP contribution is 2.40. The lowest BCUT2D eigenvalue weighted by atomic mass is 10.1. The van der Waals surface area contributed by atoms with Gasteiger partial charge in [0.05, 0.1) is 34.9 Å². The summed E-state index contributed by atoms with van der Waals surface area (Å²) in [7, 11) is -0.997. The molecule has 150 valence electrons. The molecule has 1 unspecified atom stereocenters. The van der Waals surface area contributed by atoms with Crippen LogP contribution >= 0.6 is 8.46 Å². The highest BCUT2D eigenvalue weighted by molar-refractivity contribution is 7.22. The van der Waals surface area contributed by atoms with Crippen molar-refractivity contribution in [2.24, 2.45) is 0 Å². The van der Waals surface area contributed by atoms with E-state index in [0.29, 0.717) is 66.9 Å². The van der Waals surface area contributed by atoms with Crippen LogP contribution in [-0.4, -0.2) is 36.4 Å². The van der Waals surface area contributed by atoms with Crippen molar-refractivity contribution in [1.82, 2.24) is 9.97 Å². The topological polar surface area (TPSA) is 79.8 Å². The second kappa shape index (κ2) is 11.0. The Labute approximate surface area is 161 Å². The lowest BCUT2D eigenvalue weighted by Gasteiger charge is -2.17. The first kappa shape index (κ1) is 21.3. The average molecular weight is 396 g/mol. The molecule has 8 heteroatoms. The molecular weight excluding hydrogens is 367 g/mol. The summed E-state index contributed by atoms with van der Waals surface area (Å²) < 4.78 is 34.5. The van der Waals surface area contributed by atoms with Gasteiger partial charge in [-0.25, -0.2) is 9.97 Å². The van der Waals surface area contributed by atoms with E-state index in [2.05, 4.69) is 9.97 Å². The Morgan fingerprint density at radius 2 is 1.52 bits per heavy atom. The fraction of sp³-hybridized carbons (Fsp3) is 0.579. The Morgan fingerprint density at radius 1 is 0.889 bits per heavy atom. The third-order valence-corrected chi connectivity index (χ3v) is 4.25. The molecule has 0 fully saturated rings. The van der Waals surface area contributed by atoms with Crippen molar-refractivity contribution >= 4 is 19.5 Å². The van der Waals surface area contributed by atoms with Crippen LogP contribution in [0.2, 0.25) is 0 Å². The summed E-state index contributed by atoms with van der Waals surface area (Å²) >= 11 is 0. The predicted octanol–water partition coefficient (Wildman–Crippen LogP) is 4.26. The Balaban J connectivity index is 2.70. The molecule has 2 aromatic rings. The maximum absolute atomic E-state index is 11.4. The van der Waals surface area contributed by atoms with Gasteiger partial charge in [-0.2, -0.15) is 0 Å². The van der Waals surface area contributed by atoms with Crippen LogP contribution in [0.1, 0.15) is 46.1 Å². The highest BCUT2D eigenvalue weighted by Gasteiger charge is 2.21. The lowest BCUT2D eigenvalue weighted by molar-refractivity contribution is 0.252. The first-order chi connectivity index (χ1) is 13.2. The molecule has 2 rings (SSSR count). The predicted molar refractivity (Wildman–Crippen MR) is 108 cm³/mol. The monoisotopic (exact) mass is 396 g/mol. The molecule has 1 heterocycles. The molecule has 0 spiro atoms. The molecule has 0 amide bonds. The molecule has 1 atom stereocenters. The zero-order valence-electron chi connectivity index (χ0n) is 16.5. The molecule has 27 heavy (non-hydrogen) atoms. The van der Waals surface area contributed by atoms with Gasteiger partial charge >= 0.3 is 0 Å². The van der Waals surface area contributed by atoms with E-state index in [1.807, 2.05) is 27.7 Å². The van der Waals surface area contributed by atoms with E-state index < -0.39 is 8.46 Å². The zero-order valence-corrected chi connectivity index (χ0v) is 17.7. The van der Waals surface area contributed by atoms with E-state index >= 15 is 0 Å². The van der Waals surface area contributed by atoms with Crippen LogP contribution in [0.3, 0.4) is 0 Å². The quantitative estimate of drug-likeness (QED) is 0.496. The third-order valence-electron chi connectivity index (χ3n) is 3.68. The van der Waals surface area contributed by atoms with Crippen LogP contribution in [0.5, 0.6) is 23.3 Å². The third kappa shape index (κ3) is 5.25. The van der Waals surface area contributed by atoms with Gasteiger partial charge in [0.2, 0.25) is 0 Å². The molecule has 0 radical (unpaired) electrons. The number of rotatable bonds is 12. The van der Waals surface area contributed by atoms with Gasteiger partial charge in [-0.3, -0.25) is 0 Å². The molecule has 0 saturated carbocycles. The molecule has 7 nitrogen and oxygen atoms in total. The van der Waals surface area contributed by atoms with E-state index in [-0.39, 0.29) is 0 Å². The van der Waals surface area contributed by atoms with Crippen LogP contribution < -0.4 is 18.9 Å². The Bertz CT molecular complexity index is 770. The van der Waals surface area contributed by atoms with Gasteiger partial charge in [-0.1, -0.05) is 13.8 Å². The lowest BCUT2D eigenvalue weighted by Crippen LogP contribution is -2.07. The fourth-order valence-electron chi connectivity index (χ4n) is 2.60. The van der Waals surface area contributed by atoms with Gasteiger partial charge in [0.25, 0.3) is 11.8 Å². The molecule has 0 saturated heterocycles. The van der Waals surface area contributed by atoms with Crippen molar-refractivity contribution in [1.29, 1.82) is 0 Å². The summed E-state index contributed by atoms with van der Waals surface area (Å²) in [6, 6.07) is 1.81. The van der Waals surface area contributed by atoms with E-state index in [4.69, 9.17) is 18.9 Å². The number of ether oxygens (including phenoxy) is 4. The van der Waals surface area contributed by atoms with E-state index in [1.165, 1.54) is 0 Å². The number of nitrogens with zero attached hydrogens (tertiary/aromatic N) is 2. The van der Waals surface area contributed by atoms with Crippen molar-refractivity contribution in [3.05, 3.63) is 11.6 Å². The number of fused-ring (bicyclic) bond motifs is 1. The second-order valence-corrected chi connectivity index (χ2v) is 6.56. The first-order valence-corrected chi connectivity index (χ1v) is 10.8. The van der Waals surface area contributed by atoms with Crippen LogP contribution in [-0.2, 0) is 10.7 Å². The molecule has 0 bridgehead atoms. The SMILES string of the molecule is CCCOc1nc2cc(OCC)c(C[PH2]=O)c(OCC)c2nc1OCCC. The van der Waals surface area contributed by atoms with Crippen molar-refractivity contribution in [2.45, 2.75) is 46.7 Å². The molecule has 0 aliphatic rings. The summed E-state index contributed by atoms with van der Waals surface area (Å²) in [4.78, 5) is 9.26. The molecule has 0 aliphatic carbocycles. The number of hydrogen-bond acceptors (Lipinski definition) is 7. The van der Waals surface area contributed by atoms with Crippen molar-refractivity contribution in [2.75, 3.05) is 26.4 Å². The average Bonchev–Trinajstić information content (AvgIpc) is 2.67. The van der Waals surface area contributed by atoms with E-state index in [1.54, 1.807) is 6.07 Å². The summed E-state index contributed by atoms with van der Waals surface area (Å²) in [5.41, 5.74) is 1.92. The minimum atomic E-state index is -0.997. The van der Waals surface area contributed by atoms with Gasteiger partial charge in [0, 0.05) is 17.8 Å². The normalized spacial score (nSPS) is 11.3. The van der Waals surface area contributed by atoms with Crippen LogP contribution in [0.4, 0.5) is 0 Å². The zero-order chi connectivity index (χ0) is 19.6. The minimum Gasteiger partial charge on any atom is -0.493 e. The first-order valence-electron chi connectivity index (χ1n) is 9.52. The minimum absolute atomic E-state index is 0.350. The van der Waals surface area contributed by atoms with Gasteiger partial charge in [-0.05, 0) is 26.7 Å². The fourth-order valence-corrected chi connectivity index (χ4v) is 3.15. The molecule has 1 aromatic heterocycles. The Hall–Kier alpha value is -2.01. The van der Waals surface area contributed by atoms with Gasteiger partial charge < -0.3 is 23.5 Å². The van der Waals surface area contributed by atoms with Crippen molar-refractivity contribution in [3.8, 4) is 23.3 Å². The van der Waals surface area contributed by atoms with Gasteiger partial charge in [0.15, 0.2) is 5.75 Å². The van der Waals surface area contributed by atoms with Gasteiger partial charge in [-0.15, -0.1) is 0 Å². The summed E-state index contributed by atoms with van der Waals surface area (Å²) in [6.45, 7) is 9.83. The van der Waals surface area contributed by atoms with Crippen LogP contribution in [0.15, 0.2) is 6.07 Å². The maximum Gasteiger partial charge on any atom is 0.278 e. The summed E-state index contributed by atoms with van der Waals surface area (Å²) in [5, 5.41) is 0. The summed E-state index contributed by atoms with van der Waals surface area (Å²) in [5.74, 6) is 1.89. The molecule has 0 N–H and O–H groups in total. The second-order valence-electron chi connectivity index (χ2n) is 5.82. The van der Waals surface area contributed by atoms with Crippen LogP contribution in [0, 0.1) is 0 Å². The molecule has 1 aromatic carbocycles. The smallest absolute Gasteiger partial charge is 0.278 e. The van der Waals surface area contributed by atoms with E-state index in [0.717, 1.165) is 18.4 Å². The molecule has 0 aliphatic heterocycles.